The number of hydrogen-bond donors (Lipinski definition) is 1. The van der Waals surface area contributed by atoms with Gasteiger partial charge in [0.2, 0.25) is 0 Å². The Hall–Kier alpha value is -0.740. The molecular formula is C12H17N. The zero-order chi connectivity index (χ0) is 9.10. The molecule has 0 heterocycles. The Bertz CT molecular complexity index is 236. The molecule has 13 heavy (non-hydrogen) atoms. The molecule has 0 amide bonds. The third kappa shape index (κ3) is 1.78. The predicted molar refractivity (Wildman–Crippen MR) is 55.2 cm³/mol. The van der Waals surface area contributed by atoms with Crippen molar-refractivity contribution in [3.05, 3.63) is 12.2 Å². The molecule has 0 spiro atoms. The molecule has 3 atom stereocenters. The molecule has 70 valence electrons. The first kappa shape index (κ1) is 8.84. The van der Waals surface area contributed by atoms with E-state index in [4.69, 9.17) is 6.42 Å². The second-order valence-electron chi connectivity index (χ2n) is 4.11. The van der Waals surface area contributed by atoms with Crippen LogP contribution in [0.2, 0.25) is 0 Å². The molecule has 1 heteroatoms. The van der Waals surface area contributed by atoms with Gasteiger partial charge in [0.05, 0.1) is 0 Å². The fraction of sp³-hybridized carbons (Fsp3) is 0.667. The van der Waals surface area contributed by atoms with E-state index in [0.717, 1.165) is 37.3 Å². The topological polar surface area (TPSA) is 12.0 Å². The fourth-order valence-electron chi connectivity index (χ4n) is 2.43. The second-order valence-corrected chi connectivity index (χ2v) is 4.11. The number of hydrogen-bond acceptors (Lipinski definition) is 1. The molecule has 0 aromatic heterocycles. The van der Waals surface area contributed by atoms with Crippen LogP contribution in [0, 0.1) is 24.2 Å². The lowest BCUT2D eigenvalue weighted by Crippen LogP contribution is -2.48. The molecule has 1 nitrogen and oxygen atoms in total. The molecule has 0 saturated heterocycles. The largest absolute Gasteiger partial charge is 0.313 e. The molecule has 0 bridgehead atoms. The van der Waals surface area contributed by atoms with Crippen LogP contribution in [0.15, 0.2) is 12.2 Å². The maximum atomic E-state index is 5.19. The van der Waals surface area contributed by atoms with Crippen LogP contribution in [-0.2, 0) is 0 Å². The van der Waals surface area contributed by atoms with Crippen molar-refractivity contribution in [3.63, 3.8) is 0 Å². The summed E-state index contributed by atoms with van der Waals surface area (Å²) in [6.07, 6.45) is 14.6. The van der Waals surface area contributed by atoms with Gasteiger partial charge in [-0.1, -0.05) is 12.2 Å². The van der Waals surface area contributed by atoms with E-state index in [1.165, 1.54) is 12.8 Å². The predicted octanol–water partition coefficient (Wildman–Crippen LogP) is 1.95. The van der Waals surface area contributed by atoms with E-state index in [2.05, 4.69) is 23.4 Å². The average Bonchev–Trinajstić information content (AvgIpc) is 2.47. The number of allylic oxidation sites excluding steroid dienone is 1. The average molecular weight is 175 g/mol. The lowest BCUT2D eigenvalue weighted by molar-refractivity contribution is 0.164. The van der Waals surface area contributed by atoms with Gasteiger partial charge in [-0.25, -0.2) is 0 Å². The van der Waals surface area contributed by atoms with Crippen LogP contribution in [0.5, 0.6) is 0 Å². The first-order chi connectivity index (χ1) is 6.42. The molecule has 0 aromatic rings. The maximum absolute atomic E-state index is 5.19. The third-order valence-electron chi connectivity index (χ3n) is 3.27. The van der Waals surface area contributed by atoms with E-state index in [0.29, 0.717) is 0 Å². The van der Waals surface area contributed by atoms with Gasteiger partial charge in [0.15, 0.2) is 0 Å². The van der Waals surface area contributed by atoms with Gasteiger partial charge in [-0.05, 0) is 37.6 Å². The molecule has 1 N–H and O–H groups in total. The van der Waals surface area contributed by atoms with Crippen LogP contribution >= 0.6 is 0 Å². The van der Waals surface area contributed by atoms with Crippen LogP contribution in [0.4, 0.5) is 0 Å². The van der Waals surface area contributed by atoms with Gasteiger partial charge in [-0.2, -0.15) is 0 Å². The van der Waals surface area contributed by atoms with Crippen molar-refractivity contribution < 1.29 is 0 Å². The molecule has 0 aromatic carbocycles. The van der Waals surface area contributed by atoms with Crippen molar-refractivity contribution in [1.82, 2.24) is 5.32 Å². The lowest BCUT2D eigenvalue weighted by atomic mass is 9.71. The molecule has 0 radical (unpaired) electrons. The van der Waals surface area contributed by atoms with E-state index in [9.17, 15) is 0 Å². The van der Waals surface area contributed by atoms with Crippen LogP contribution in [0.3, 0.4) is 0 Å². The van der Waals surface area contributed by atoms with Crippen molar-refractivity contribution >= 4 is 0 Å². The van der Waals surface area contributed by atoms with Gasteiger partial charge in [0, 0.05) is 12.5 Å². The Morgan fingerprint density at radius 3 is 3.23 bits per heavy atom. The highest BCUT2D eigenvalue weighted by Crippen LogP contribution is 2.42. The Kier molecular flexibility index (Phi) is 2.71. The number of fused-ring (bicyclic) bond motifs is 1. The monoisotopic (exact) mass is 175 g/mol. The number of terminal acetylenes is 1. The molecule has 2 rings (SSSR count). The van der Waals surface area contributed by atoms with E-state index in [1.54, 1.807) is 0 Å². The van der Waals surface area contributed by atoms with Crippen molar-refractivity contribution in [2.24, 2.45) is 11.8 Å². The summed E-state index contributed by atoms with van der Waals surface area (Å²) in [6.45, 7) is 1.09. The quantitative estimate of drug-likeness (QED) is 0.391. The number of unbranched alkanes of at least 4 members (excludes halogenated alkanes) is 1. The summed E-state index contributed by atoms with van der Waals surface area (Å²) in [7, 11) is 0. The normalized spacial score (nSPS) is 35.2. The minimum absolute atomic E-state index is 0.751. The summed E-state index contributed by atoms with van der Waals surface area (Å²) >= 11 is 0. The van der Waals surface area contributed by atoms with Gasteiger partial charge in [0.1, 0.15) is 0 Å². The zero-order valence-electron chi connectivity index (χ0n) is 8.00. The summed E-state index contributed by atoms with van der Waals surface area (Å²) < 4.78 is 0. The smallest absolute Gasteiger partial charge is 0.0136 e. The summed E-state index contributed by atoms with van der Waals surface area (Å²) in [5.74, 6) is 4.47. The van der Waals surface area contributed by atoms with Gasteiger partial charge >= 0.3 is 0 Å². The fourth-order valence-corrected chi connectivity index (χ4v) is 2.43. The molecule has 0 aliphatic heterocycles. The molecule has 1 saturated carbocycles. The van der Waals surface area contributed by atoms with Gasteiger partial charge in [-0.3, -0.25) is 0 Å². The van der Waals surface area contributed by atoms with E-state index in [1.807, 2.05) is 0 Å². The minimum Gasteiger partial charge on any atom is -0.313 e. The minimum atomic E-state index is 0.751. The Morgan fingerprint density at radius 1 is 1.54 bits per heavy atom. The molecule has 1 fully saturated rings. The highest BCUT2D eigenvalue weighted by Gasteiger charge is 2.40. The van der Waals surface area contributed by atoms with Crippen molar-refractivity contribution in [2.75, 3.05) is 6.54 Å². The van der Waals surface area contributed by atoms with Gasteiger partial charge < -0.3 is 5.32 Å². The summed E-state index contributed by atoms with van der Waals surface area (Å²) in [5, 5.41) is 3.58. The van der Waals surface area contributed by atoms with E-state index >= 15 is 0 Å². The summed E-state index contributed by atoms with van der Waals surface area (Å²) in [6, 6.07) is 0.751. The summed E-state index contributed by atoms with van der Waals surface area (Å²) in [5.41, 5.74) is 0. The van der Waals surface area contributed by atoms with E-state index in [-0.39, 0.29) is 0 Å². The van der Waals surface area contributed by atoms with Gasteiger partial charge in [-0.15, -0.1) is 12.3 Å². The Balaban J connectivity index is 1.62. The standard InChI is InChI=1S/C12H17N/c1-2-3-4-8-13-12-9-10-6-5-7-11(10)12/h1,5,7,10-13H,3-4,6,8-9H2. The molecular weight excluding hydrogens is 158 g/mol. The van der Waals surface area contributed by atoms with E-state index < -0.39 is 0 Å². The summed E-state index contributed by atoms with van der Waals surface area (Å²) in [4.78, 5) is 0. The third-order valence-corrected chi connectivity index (χ3v) is 3.27. The Morgan fingerprint density at radius 2 is 2.46 bits per heavy atom. The van der Waals surface area contributed by atoms with Crippen LogP contribution in [0.1, 0.15) is 25.7 Å². The highest BCUT2D eigenvalue weighted by atomic mass is 14.9. The maximum Gasteiger partial charge on any atom is 0.0136 e. The van der Waals surface area contributed by atoms with Crippen molar-refractivity contribution in [3.8, 4) is 12.3 Å². The first-order valence-electron chi connectivity index (χ1n) is 5.25. The van der Waals surface area contributed by atoms with Crippen LogP contribution < -0.4 is 5.32 Å². The first-order valence-corrected chi connectivity index (χ1v) is 5.25. The van der Waals surface area contributed by atoms with Crippen molar-refractivity contribution in [2.45, 2.75) is 31.7 Å². The lowest BCUT2D eigenvalue weighted by Gasteiger charge is -2.40. The molecule has 3 unspecified atom stereocenters. The Labute approximate surface area is 80.6 Å². The number of nitrogens with one attached hydrogen (secondary N) is 1. The van der Waals surface area contributed by atoms with Gasteiger partial charge in [0.25, 0.3) is 0 Å². The zero-order valence-corrected chi connectivity index (χ0v) is 8.00. The van der Waals surface area contributed by atoms with Crippen LogP contribution in [-0.4, -0.2) is 12.6 Å². The van der Waals surface area contributed by atoms with Crippen LogP contribution in [0.25, 0.3) is 0 Å². The van der Waals surface area contributed by atoms with Crippen molar-refractivity contribution in [1.29, 1.82) is 0 Å². The highest BCUT2D eigenvalue weighted by molar-refractivity contribution is 5.12. The number of rotatable bonds is 4. The SMILES string of the molecule is C#CCCCNC1CC2CC=CC21. The molecule has 2 aliphatic carbocycles. The molecule has 2 aliphatic rings. The second kappa shape index (κ2) is 3.98.